The van der Waals surface area contributed by atoms with Crippen LogP contribution in [0.3, 0.4) is 0 Å². The van der Waals surface area contributed by atoms with E-state index in [1.807, 2.05) is 11.8 Å². The van der Waals surface area contributed by atoms with Crippen molar-refractivity contribution in [2.24, 2.45) is 5.73 Å². The van der Waals surface area contributed by atoms with Crippen molar-refractivity contribution in [1.29, 1.82) is 0 Å². The number of nitrogens with two attached hydrogens (primary N) is 1. The average Bonchev–Trinajstić information content (AvgIpc) is 2.24. The maximum atomic E-state index is 6.20. The largest absolute Gasteiger partial charge is 0.496 e. The number of thioether (sulfide) groups is 1. The Balaban J connectivity index is 3.00. The summed E-state index contributed by atoms with van der Waals surface area (Å²) in [6.45, 7) is 4.16. The molecule has 0 fully saturated rings. The topological polar surface area (TPSA) is 35.2 Å². The van der Waals surface area contributed by atoms with E-state index in [2.05, 4.69) is 32.2 Å². The van der Waals surface area contributed by atoms with Gasteiger partial charge in [-0.2, -0.15) is 11.8 Å². The molecule has 0 heterocycles. The van der Waals surface area contributed by atoms with E-state index < -0.39 is 0 Å². The van der Waals surface area contributed by atoms with E-state index in [9.17, 15) is 0 Å². The van der Waals surface area contributed by atoms with Gasteiger partial charge < -0.3 is 10.5 Å². The van der Waals surface area contributed by atoms with E-state index in [-0.39, 0.29) is 6.04 Å². The van der Waals surface area contributed by atoms with Crippen LogP contribution in [0.25, 0.3) is 0 Å². The fourth-order valence-electron chi connectivity index (χ4n) is 1.94. The Morgan fingerprint density at radius 1 is 1.38 bits per heavy atom. The second-order valence-electron chi connectivity index (χ2n) is 4.09. The van der Waals surface area contributed by atoms with Gasteiger partial charge in [0.1, 0.15) is 5.75 Å². The number of hydrogen-bond acceptors (Lipinski definition) is 3. The molecule has 3 heteroatoms. The molecular weight excluding hydrogens is 218 g/mol. The van der Waals surface area contributed by atoms with Crippen LogP contribution in [0.2, 0.25) is 0 Å². The quantitative estimate of drug-likeness (QED) is 0.857. The summed E-state index contributed by atoms with van der Waals surface area (Å²) in [6, 6.07) is 4.33. The summed E-state index contributed by atoms with van der Waals surface area (Å²) >= 11 is 1.83. The first-order valence-electron chi connectivity index (χ1n) is 5.49. The van der Waals surface area contributed by atoms with Crippen LogP contribution in [-0.4, -0.2) is 19.1 Å². The summed E-state index contributed by atoms with van der Waals surface area (Å²) in [7, 11) is 1.71. The van der Waals surface area contributed by atoms with E-state index in [1.54, 1.807) is 7.11 Å². The van der Waals surface area contributed by atoms with Crippen molar-refractivity contribution in [3.63, 3.8) is 0 Å². The van der Waals surface area contributed by atoms with E-state index in [1.165, 1.54) is 5.56 Å². The SMILES string of the molecule is COc1c(C)cc(C)cc1C(N)CCSC. The molecule has 16 heavy (non-hydrogen) atoms. The molecule has 1 unspecified atom stereocenters. The average molecular weight is 239 g/mol. The lowest BCUT2D eigenvalue weighted by Gasteiger charge is -2.18. The molecule has 0 aliphatic rings. The van der Waals surface area contributed by atoms with Gasteiger partial charge in [0.25, 0.3) is 0 Å². The molecule has 0 spiro atoms. The predicted octanol–water partition coefficient (Wildman–Crippen LogP) is 3.06. The highest BCUT2D eigenvalue weighted by Crippen LogP contribution is 2.30. The number of benzene rings is 1. The first-order valence-corrected chi connectivity index (χ1v) is 6.89. The molecule has 90 valence electrons. The highest BCUT2D eigenvalue weighted by atomic mass is 32.2. The van der Waals surface area contributed by atoms with Crippen LogP contribution in [0.4, 0.5) is 0 Å². The van der Waals surface area contributed by atoms with Crippen molar-refractivity contribution in [1.82, 2.24) is 0 Å². The van der Waals surface area contributed by atoms with Gasteiger partial charge in [0.15, 0.2) is 0 Å². The van der Waals surface area contributed by atoms with Crippen LogP contribution >= 0.6 is 11.8 Å². The molecule has 1 rings (SSSR count). The second-order valence-corrected chi connectivity index (χ2v) is 5.08. The third-order valence-corrected chi connectivity index (χ3v) is 3.33. The fourth-order valence-corrected chi connectivity index (χ4v) is 2.43. The summed E-state index contributed by atoms with van der Waals surface area (Å²) in [5.74, 6) is 2.02. The van der Waals surface area contributed by atoms with E-state index in [0.717, 1.165) is 29.1 Å². The lowest BCUT2D eigenvalue weighted by atomic mass is 9.98. The highest BCUT2D eigenvalue weighted by molar-refractivity contribution is 7.98. The number of ether oxygens (including phenoxy) is 1. The third-order valence-electron chi connectivity index (χ3n) is 2.68. The molecule has 1 aromatic rings. The smallest absolute Gasteiger partial charge is 0.126 e. The van der Waals surface area contributed by atoms with Gasteiger partial charge in [-0.3, -0.25) is 0 Å². The van der Waals surface area contributed by atoms with Crippen LogP contribution in [0, 0.1) is 13.8 Å². The standard InChI is InChI=1S/C13H21NOS/c1-9-7-10(2)13(15-3)11(8-9)12(14)5-6-16-4/h7-8,12H,5-6,14H2,1-4H3. The van der Waals surface area contributed by atoms with E-state index in [0.29, 0.717) is 0 Å². The van der Waals surface area contributed by atoms with E-state index in [4.69, 9.17) is 10.5 Å². The monoisotopic (exact) mass is 239 g/mol. The Labute approximate surface area is 103 Å². The molecule has 0 saturated heterocycles. The summed E-state index contributed by atoms with van der Waals surface area (Å²) in [4.78, 5) is 0. The molecule has 0 aliphatic carbocycles. The Morgan fingerprint density at radius 3 is 2.62 bits per heavy atom. The maximum absolute atomic E-state index is 6.20. The van der Waals surface area contributed by atoms with Crippen molar-refractivity contribution in [2.45, 2.75) is 26.3 Å². The number of rotatable bonds is 5. The summed E-state index contributed by atoms with van der Waals surface area (Å²) in [6.07, 6.45) is 3.09. The van der Waals surface area contributed by atoms with Gasteiger partial charge in [-0.15, -0.1) is 0 Å². The molecule has 2 N–H and O–H groups in total. The molecule has 2 nitrogen and oxygen atoms in total. The van der Waals surface area contributed by atoms with Gasteiger partial charge in [-0.05, 0) is 37.8 Å². The zero-order chi connectivity index (χ0) is 12.1. The van der Waals surface area contributed by atoms with Crippen LogP contribution < -0.4 is 10.5 Å². The molecule has 1 aromatic carbocycles. The summed E-state index contributed by atoms with van der Waals surface area (Å²) < 4.78 is 5.45. The molecule has 0 aromatic heterocycles. The minimum absolute atomic E-state index is 0.0704. The summed E-state index contributed by atoms with van der Waals surface area (Å²) in [5, 5.41) is 0. The second kappa shape index (κ2) is 6.16. The number of aryl methyl sites for hydroxylation is 2. The molecule has 0 amide bonds. The van der Waals surface area contributed by atoms with Gasteiger partial charge in [-0.1, -0.05) is 17.7 Å². The molecule has 0 aliphatic heterocycles. The third kappa shape index (κ3) is 3.16. The van der Waals surface area contributed by atoms with Crippen molar-refractivity contribution >= 4 is 11.8 Å². The van der Waals surface area contributed by atoms with Crippen molar-refractivity contribution in [3.8, 4) is 5.75 Å². The number of hydrogen-bond donors (Lipinski definition) is 1. The normalized spacial score (nSPS) is 12.6. The lowest BCUT2D eigenvalue weighted by molar-refractivity contribution is 0.402. The minimum atomic E-state index is 0.0704. The van der Waals surface area contributed by atoms with Gasteiger partial charge in [0, 0.05) is 11.6 Å². The highest BCUT2D eigenvalue weighted by Gasteiger charge is 2.14. The Kier molecular flexibility index (Phi) is 5.16. The Bertz CT molecular complexity index is 352. The van der Waals surface area contributed by atoms with Crippen molar-refractivity contribution < 1.29 is 4.74 Å². The van der Waals surface area contributed by atoms with Crippen molar-refractivity contribution in [3.05, 3.63) is 28.8 Å². The van der Waals surface area contributed by atoms with Gasteiger partial charge in [0.05, 0.1) is 7.11 Å². The molecule has 0 radical (unpaired) electrons. The molecular formula is C13H21NOS. The first-order chi connectivity index (χ1) is 7.60. The van der Waals surface area contributed by atoms with E-state index >= 15 is 0 Å². The molecule has 0 bridgehead atoms. The van der Waals surface area contributed by atoms with Crippen LogP contribution in [0.1, 0.15) is 29.2 Å². The van der Waals surface area contributed by atoms with Gasteiger partial charge in [0.2, 0.25) is 0 Å². The fraction of sp³-hybridized carbons (Fsp3) is 0.538. The van der Waals surface area contributed by atoms with Crippen LogP contribution in [0.15, 0.2) is 12.1 Å². The minimum Gasteiger partial charge on any atom is -0.496 e. The zero-order valence-electron chi connectivity index (χ0n) is 10.5. The zero-order valence-corrected chi connectivity index (χ0v) is 11.4. The molecule has 0 saturated carbocycles. The first kappa shape index (κ1) is 13.4. The van der Waals surface area contributed by atoms with Crippen molar-refractivity contribution in [2.75, 3.05) is 19.1 Å². The van der Waals surface area contributed by atoms with Crippen LogP contribution in [0.5, 0.6) is 5.75 Å². The maximum Gasteiger partial charge on any atom is 0.126 e. The lowest BCUT2D eigenvalue weighted by Crippen LogP contribution is -2.13. The summed E-state index contributed by atoms with van der Waals surface area (Å²) in [5.41, 5.74) is 9.74. The van der Waals surface area contributed by atoms with Gasteiger partial charge >= 0.3 is 0 Å². The predicted molar refractivity (Wildman–Crippen MR) is 72.4 cm³/mol. The number of methoxy groups -OCH3 is 1. The molecule has 1 atom stereocenters. The van der Waals surface area contributed by atoms with Crippen LogP contribution in [-0.2, 0) is 0 Å². The Morgan fingerprint density at radius 2 is 2.06 bits per heavy atom. The Hall–Kier alpha value is -0.670. The van der Waals surface area contributed by atoms with Gasteiger partial charge in [-0.25, -0.2) is 0 Å².